The number of thiophene rings is 1. The highest BCUT2D eigenvalue weighted by Crippen LogP contribution is 2.34. The molecule has 0 bridgehead atoms. The van der Waals surface area contributed by atoms with E-state index in [1.54, 1.807) is 6.92 Å². The maximum atomic E-state index is 12.1. The minimum absolute atomic E-state index is 0.247. The van der Waals surface area contributed by atoms with E-state index in [2.05, 4.69) is 16.2 Å². The first kappa shape index (κ1) is 13.4. The molecule has 1 atom stereocenters. The minimum Gasteiger partial charge on any atom is -0.397 e. The van der Waals surface area contributed by atoms with Crippen LogP contribution >= 0.6 is 11.3 Å². The smallest absolute Gasteiger partial charge is 0.264 e. The third-order valence-electron chi connectivity index (χ3n) is 2.83. The van der Waals surface area contributed by atoms with Crippen molar-refractivity contribution in [2.45, 2.75) is 26.8 Å². The normalized spacial score (nSPS) is 12.1. The van der Waals surface area contributed by atoms with Crippen LogP contribution in [0.3, 0.4) is 0 Å². The van der Waals surface area contributed by atoms with Crippen LogP contribution in [0.25, 0.3) is 10.2 Å². The molecular weight excluding hydrogens is 258 g/mol. The Hall–Kier alpha value is -2.06. The van der Waals surface area contributed by atoms with Crippen molar-refractivity contribution in [3.63, 3.8) is 0 Å². The number of anilines is 1. The number of nitrogens with two attached hydrogens (primary N) is 1. The van der Waals surface area contributed by atoms with Gasteiger partial charge in [-0.3, -0.25) is 4.79 Å². The van der Waals surface area contributed by atoms with Gasteiger partial charge in [0.05, 0.1) is 11.7 Å². The molecule has 19 heavy (non-hydrogen) atoms. The van der Waals surface area contributed by atoms with Gasteiger partial charge in [-0.15, -0.1) is 17.8 Å². The van der Waals surface area contributed by atoms with Gasteiger partial charge in [0.15, 0.2) is 0 Å². The molecule has 2 heterocycles. The van der Waals surface area contributed by atoms with Gasteiger partial charge in [0.1, 0.15) is 9.71 Å². The third kappa shape index (κ3) is 2.40. The maximum absolute atomic E-state index is 12.1. The number of hydrogen-bond donors (Lipinski definition) is 2. The Labute approximate surface area is 116 Å². The van der Waals surface area contributed by atoms with Gasteiger partial charge in [-0.1, -0.05) is 5.92 Å². The second kappa shape index (κ2) is 4.90. The van der Waals surface area contributed by atoms with Crippen LogP contribution in [0, 0.1) is 26.2 Å². The fraction of sp³-hybridized carbons (Fsp3) is 0.286. The summed E-state index contributed by atoms with van der Waals surface area (Å²) >= 11 is 1.30. The number of carbonyl (C=O) groups is 1. The standard InChI is InChI=1S/C14H15N3OS/c1-5-8(3)16-13(18)12-11(15)10-7(2)6-9(4)17-14(10)19-12/h1,6,8H,15H2,2-4H3,(H,16,18). The molecule has 4 nitrogen and oxygen atoms in total. The molecule has 0 aliphatic heterocycles. The Kier molecular flexibility index (Phi) is 3.45. The predicted octanol–water partition coefficient (Wildman–Crippen LogP) is 2.25. The minimum atomic E-state index is -0.326. The van der Waals surface area contributed by atoms with Crippen LogP contribution in [-0.4, -0.2) is 16.9 Å². The lowest BCUT2D eigenvalue weighted by atomic mass is 10.1. The number of amides is 1. The molecule has 0 spiro atoms. The zero-order valence-electron chi connectivity index (χ0n) is 11.1. The van der Waals surface area contributed by atoms with Crippen molar-refractivity contribution in [2.75, 3.05) is 5.73 Å². The number of nitrogens with one attached hydrogen (secondary N) is 1. The van der Waals surface area contributed by atoms with Gasteiger partial charge in [0.2, 0.25) is 0 Å². The lowest BCUT2D eigenvalue weighted by Crippen LogP contribution is -2.31. The monoisotopic (exact) mass is 273 g/mol. The van der Waals surface area contributed by atoms with E-state index in [0.29, 0.717) is 10.6 Å². The van der Waals surface area contributed by atoms with Gasteiger partial charge in [0, 0.05) is 11.1 Å². The summed E-state index contributed by atoms with van der Waals surface area (Å²) in [7, 11) is 0. The Bertz CT molecular complexity index is 697. The largest absolute Gasteiger partial charge is 0.397 e. The van der Waals surface area contributed by atoms with Crippen molar-refractivity contribution < 1.29 is 4.79 Å². The number of carbonyl (C=O) groups excluding carboxylic acids is 1. The maximum Gasteiger partial charge on any atom is 0.264 e. The molecular formula is C14H15N3OS. The number of terminal acetylenes is 1. The summed E-state index contributed by atoms with van der Waals surface area (Å²) in [5.74, 6) is 2.21. The predicted molar refractivity (Wildman–Crippen MR) is 79.3 cm³/mol. The van der Waals surface area contributed by atoms with Crippen molar-refractivity contribution in [3.8, 4) is 12.3 Å². The molecule has 0 saturated heterocycles. The highest BCUT2D eigenvalue weighted by atomic mass is 32.1. The second-order valence-electron chi connectivity index (χ2n) is 4.47. The average Bonchev–Trinajstić information content (AvgIpc) is 2.66. The van der Waals surface area contributed by atoms with Gasteiger partial charge >= 0.3 is 0 Å². The van der Waals surface area contributed by atoms with E-state index in [4.69, 9.17) is 12.2 Å². The van der Waals surface area contributed by atoms with Crippen LogP contribution < -0.4 is 11.1 Å². The van der Waals surface area contributed by atoms with Crippen molar-refractivity contribution in [1.82, 2.24) is 10.3 Å². The molecule has 2 rings (SSSR count). The summed E-state index contributed by atoms with van der Waals surface area (Å²) in [5, 5.41) is 3.56. The van der Waals surface area contributed by atoms with Crippen molar-refractivity contribution in [2.24, 2.45) is 0 Å². The third-order valence-corrected chi connectivity index (χ3v) is 3.93. The first-order chi connectivity index (χ1) is 8.93. The van der Waals surface area contributed by atoms with E-state index in [1.807, 2.05) is 19.9 Å². The number of nitrogens with zero attached hydrogens (tertiary/aromatic N) is 1. The highest BCUT2D eigenvalue weighted by Gasteiger charge is 2.19. The van der Waals surface area contributed by atoms with Crippen LogP contribution in [0.2, 0.25) is 0 Å². The van der Waals surface area contributed by atoms with Crippen LogP contribution in [-0.2, 0) is 0 Å². The molecule has 0 aliphatic rings. The molecule has 2 aromatic rings. The molecule has 98 valence electrons. The number of aromatic nitrogens is 1. The number of pyridine rings is 1. The van der Waals surface area contributed by atoms with Crippen LogP contribution in [0.5, 0.6) is 0 Å². The van der Waals surface area contributed by atoms with Crippen LogP contribution in [0.4, 0.5) is 5.69 Å². The summed E-state index contributed by atoms with van der Waals surface area (Å²) in [4.78, 5) is 17.8. The SMILES string of the molecule is C#CC(C)NC(=O)c1sc2nc(C)cc(C)c2c1N. The molecule has 0 saturated carbocycles. The number of fused-ring (bicyclic) bond motifs is 1. The molecule has 0 fully saturated rings. The second-order valence-corrected chi connectivity index (χ2v) is 5.47. The first-order valence-corrected chi connectivity index (χ1v) is 6.69. The summed E-state index contributed by atoms with van der Waals surface area (Å²) in [6, 6.07) is 1.63. The number of rotatable bonds is 2. The molecule has 5 heteroatoms. The molecule has 1 unspecified atom stereocenters. The van der Waals surface area contributed by atoms with Gasteiger partial charge in [0.25, 0.3) is 5.91 Å². The summed E-state index contributed by atoms with van der Waals surface area (Å²) in [5.41, 5.74) is 8.48. The Morgan fingerprint density at radius 2 is 2.26 bits per heavy atom. The van der Waals surface area contributed by atoms with E-state index >= 15 is 0 Å². The lowest BCUT2D eigenvalue weighted by molar-refractivity contribution is 0.0953. The van der Waals surface area contributed by atoms with E-state index in [-0.39, 0.29) is 11.9 Å². The fourth-order valence-electron chi connectivity index (χ4n) is 1.94. The zero-order chi connectivity index (χ0) is 14.2. The molecule has 2 aromatic heterocycles. The molecule has 0 aliphatic carbocycles. The molecule has 3 N–H and O–H groups in total. The van der Waals surface area contributed by atoms with Gasteiger partial charge < -0.3 is 11.1 Å². The summed E-state index contributed by atoms with van der Waals surface area (Å²) < 4.78 is 0. The van der Waals surface area contributed by atoms with E-state index in [9.17, 15) is 4.79 Å². The quantitative estimate of drug-likeness (QED) is 0.825. The average molecular weight is 273 g/mol. The number of nitrogen functional groups attached to an aromatic ring is 1. The van der Waals surface area contributed by atoms with E-state index in [0.717, 1.165) is 21.5 Å². The number of hydrogen-bond acceptors (Lipinski definition) is 4. The fourth-order valence-corrected chi connectivity index (χ4v) is 3.06. The van der Waals surface area contributed by atoms with Crippen LogP contribution in [0.1, 0.15) is 27.9 Å². The number of aryl methyl sites for hydroxylation is 2. The van der Waals surface area contributed by atoms with Gasteiger partial charge in [-0.25, -0.2) is 4.98 Å². The van der Waals surface area contributed by atoms with E-state index < -0.39 is 0 Å². The molecule has 0 radical (unpaired) electrons. The van der Waals surface area contributed by atoms with Crippen molar-refractivity contribution >= 4 is 33.1 Å². The summed E-state index contributed by atoms with van der Waals surface area (Å²) in [6.45, 7) is 5.63. The summed E-state index contributed by atoms with van der Waals surface area (Å²) in [6.07, 6.45) is 5.25. The van der Waals surface area contributed by atoms with Crippen molar-refractivity contribution in [3.05, 3.63) is 22.2 Å². The highest BCUT2D eigenvalue weighted by molar-refractivity contribution is 7.21. The van der Waals surface area contributed by atoms with Crippen LogP contribution in [0.15, 0.2) is 6.07 Å². The topological polar surface area (TPSA) is 68.0 Å². The zero-order valence-corrected chi connectivity index (χ0v) is 11.9. The molecule has 1 amide bonds. The first-order valence-electron chi connectivity index (χ1n) is 5.87. The Morgan fingerprint density at radius 1 is 1.58 bits per heavy atom. The van der Waals surface area contributed by atoms with Crippen molar-refractivity contribution in [1.29, 1.82) is 0 Å². The van der Waals surface area contributed by atoms with E-state index in [1.165, 1.54) is 11.3 Å². The Morgan fingerprint density at radius 3 is 2.89 bits per heavy atom. The van der Waals surface area contributed by atoms with Gasteiger partial charge in [-0.2, -0.15) is 0 Å². The lowest BCUT2D eigenvalue weighted by Gasteiger charge is -2.06. The molecule has 0 aromatic carbocycles. The van der Waals surface area contributed by atoms with Gasteiger partial charge in [-0.05, 0) is 32.4 Å². The Balaban J connectivity index is 2.52.